The van der Waals surface area contributed by atoms with Gasteiger partial charge in [-0.25, -0.2) is 4.79 Å². The van der Waals surface area contributed by atoms with Gasteiger partial charge in [0.15, 0.2) is 6.04 Å². The zero-order chi connectivity index (χ0) is 15.4. The molecule has 0 aliphatic rings. The molecule has 0 heterocycles. The van der Waals surface area contributed by atoms with Crippen molar-refractivity contribution in [2.75, 3.05) is 6.61 Å². The van der Waals surface area contributed by atoms with Crippen LogP contribution in [0, 0.1) is 10.1 Å². The molecule has 0 saturated heterocycles. The first kappa shape index (κ1) is 16.2. The summed E-state index contributed by atoms with van der Waals surface area (Å²) in [6, 6.07) is 0.262. The fraction of sp³-hybridized carbons (Fsp3) is 0.200. The van der Waals surface area contributed by atoms with Crippen molar-refractivity contribution in [1.29, 1.82) is 0 Å². The van der Waals surface area contributed by atoms with Crippen LogP contribution in [-0.2, 0) is 4.79 Å². The first-order valence-corrected chi connectivity index (χ1v) is 5.81. The lowest BCUT2D eigenvalue weighted by Crippen LogP contribution is -2.43. The van der Waals surface area contributed by atoms with Crippen molar-refractivity contribution in [3.8, 4) is 0 Å². The molecule has 0 fully saturated rings. The SMILES string of the molecule is O=C(N[C@@H](CO)C(=O)O)c1cc([N+](=O)[O-])cc(Cl)c1Cl. The van der Waals surface area contributed by atoms with E-state index in [0.29, 0.717) is 0 Å². The smallest absolute Gasteiger partial charge is 0.328 e. The molecule has 0 bridgehead atoms. The van der Waals surface area contributed by atoms with Crippen LogP contribution >= 0.6 is 23.2 Å². The third kappa shape index (κ3) is 3.56. The van der Waals surface area contributed by atoms with E-state index in [1.807, 2.05) is 5.32 Å². The van der Waals surface area contributed by atoms with Crippen molar-refractivity contribution in [2.24, 2.45) is 0 Å². The quantitative estimate of drug-likeness (QED) is 0.549. The van der Waals surface area contributed by atoms with Gasteiger partial charge in [-0.1, -0.05) is 23.2 Å². The van der Waals surface area contributed by atoms with Crippen LogP contribution in [0.2, 0.25) is 10.0 Å². The van der Waals surface area contributed by atoms with Gasteiger partial charge in [-0.3, -0.25) is 14.9 Å². The molecule has 20 heavy (non-hydrogen) atoms. The molecule has 3 N–H and O–H groups in total. The number of aliphatic hydroxyl groups is 1. The average Bonchev–Trinajstić information content (AvgIpc) is 2.37. The number of halogens is 2. The Kier molecular flexibility index (Phi) is 5.26. The minimum Gasteiger partial charge on any atom is -0.480 e. The molecule has 0 radical (unpaired) electrons. The molecule has 1 aromatic carbocycles. The van der Waals surface area contributed by atoms with E-state index < -0.39 is 35.1 Å². The molecule has 1 rings (SSSR count). The lowest BCUT2D eigenvalue weighted by atomic mass is 10.1. The van der Waals surface area contributed by atoms with Crippen molar-refractivity contribution in [3.63, 3.8) is 0 Å². The number of aliphatic carboxylic acids is 1. The van der Waals surface area contributed by atoms with Gasteiger partial charge in [0.2, 0.25) is 0 Å². The second kappa shape index (κ2) is 6.51. The molecule has 108 valence electrons. The summed E-state index contributed by atoms with van der Waals surface area (Å²) in [6.07, 6.45) is 0. The van der Waals surface area contributed by atoms with E-state index in [9.17, 15) is 19.7 Å². The zero-order valence-corrected chi connectivity index (χ0v) is 11.2. The summed E-state index contributed by atoms with van der Waals surface area (Å²) in [5.41, 5.74) is -0.828. The second-order valence-electron chi connectivity index (χ2n) is 3.59. The molecular formula is C10H8Cl2N2O6. The van der Waals surface area contributed by atoms with Crippen molar-refractivity contribution in [2.45, 2.75) is 6.04 Å². The first-order valence-electron chi connectivity index (χ1n) is 5.06. The Morgan fingerprint density at radius 3 is 2.45 bits per heavy atom. The highest BCUT2D eigenvalue weighted by atomic mass is 35.5. The van der Waals surface area contributed by atoms with E-state index in [2.05, 4.69) is 0 Å². The van der Waals surface area contributed by atoms with E-state index >= 15 is 0 Å². The summed E-state index contributed by atoms with van der Waals surface area (Å²) in [5, 5.41) is 29.6. The van der Waals surface area contributed by atoms with E-state index in [-0.39, 0.29) is 15.6 Å². The van der Waals surface area contributed by atoms with Crippen LogP contribution in [0.3, 0.4) is 0 Å². The number of nitrogens with one attached hydrogen (secondary N) is 1. The number of aliphatic hydroxyl groups excluding tert-OH is 1. The summed E-state index contributed by atoms with van der Waals surface area (Å²) in [5.74, 6) is -2.46. The summed E-state index contributed by atoms with van der Waals surface area (Å²) in [7, 11) is 0. The Morgan fingerprint density at radius 1 is 1.40 bits per heavy atom. The van der Waals surface area contributed by atoms with Gasteiger partial charge in [-0.05, 0) is 0 Å². The Hall–Kier alpha value is -1.90. The molecule has 0 saturated carbocycles. The van der Waals surface area contributed by atoms with Gasteiger partial charge in [-0.2, -0.15) is 0 Å². The fourth-order valence-electron chi connectivity index (χ4n) is 1.27. The van der Waals surface area contributed by atoms with Crippen LogP contribution in [0.4, 0.5) is 5.69 Å². The number of carbonyl (C=O) groups excluding carboxylic acids is 1. The summed E-state index contributed by atoms with van der Waals surface area (Å²) < 4.78 is 0. The third-order valence-electron chi connectivity index (χ3n) is 2.25. The van der Waals surface area contributed by atoms with Gasteiger partial charge in [0, 0.05) is 12.1 Å². The number of nitro benzene ring substituents is 1. The maximum absolute atomic E-state index is 11.8. The van der Waals surface area contributed by atoms with Crippen LogP contribution in [0.5, 0.6) is 0 Å². The molecule has 0 aromatic heterocycles. The largest absolute Gasteiger partial charge is 0.480 e. The normalized spacial score (nSPS) is 11.8. The van der Waals surface area contributed by atoms with Crippen molar-refractivity contribution >= 4 is 40.8 Å². The van der Waals surface area contributed by atoms with E-state index in [1.165, 1.54) is 0 Å². The summed E-state index contributed by atoms with van der Waals surface area (Å²) in [4.78, 5) is 32.4. The molecule has 1 aromatic rings. The molecular weight excluding hydrogens is 315 g/mol. The number of rotatable bonds is 5. The van der Waals surface area contributed by atoms with Gasteiger partial charge in [0.25, 0.3) is 11.6 Å². The van der Waals surface area contributed by atoms with Crippen molar-refractivity contribution in [3.05, 3.63) is 37.9 Å². The Labute approximate surface area is 122 Å². The molecule has 0 unspecified atom stereocenters. The number of hydrogen-bond acceptors (Lipinski definition) is 5. The number of nitrogens with zero attached hydrogens (tertiary/aromatic N) is 1. The van der Waals surface area contributed by atoms with E-state index in [0.717, 1.165) is 12.1 Å². The van der Waals surface area contributed by atoms with Gasteiger partial charge in [0.1, 0.15) is 0 Å². The number of nitro groups is 1. The molecule has 0 aliphatic heterocycles. The standard InChI is InChI=1S/C10H8Cl2N2O6/c11-6-2-4(14(19)20)1-5(8(6)12)9(16)13-7(3-15)10(17)18/h1-2,7,15H,3H2,(H,13,16)(H,17,18)/t7-/m0/s1. The third-order valence-corrected chi connectivity index (χ3v) is 3.06. The number of carboxylic acids is 1. The first-order chi connectivity index (χ1) is 9.27. The number of carboxylic acid groups (broad SMARTS) is 1. The van der Waals surface area contributed by atoms with Crippen LogP contribution < -0.4 is 5.32 Å². The fourth-order valence-corrected chi connectivity index (χ4v) is 1.68. The van der Waals surface area contributed by atoms with Crippen LogP contribution in [-0.4, -0.2) is 39.7 Å². The lowest BCUT2D eigenvalue weighted by molar-refractivity contribution is -0.384. The minimum atomic E-state index is -1.56. The van der Waals surface area contributed by atoms with Crippen molar-refractivity contribution in [1.82, 2.24) is 5.32 Å². The Balaban J connectivity index is 3.15. The number of carbonyl (C=O) groups is 2. The Morgan fingerprint density at radius 2 is 2.00 bits per heavy atom. The molecule has 1 amide bonds. The highest BCUT2D eigenvalue weighted by molar-refractivity contribution is 6.44. The highest BCUT2D eigenvalue weighted by Gasteiger charge is 2.24. The van der Waals surface area contributed by atoms with Gasteiger partial charge in [0.05, 0.1) is 27.1 Å². The Bertz CT molecular complexity index is 577. The highest BCUT2D eigenvalue weighted by Crippen LogP contribution is 2.30. The van der Waals surface area contributed by atoms with E-state index in [1.54, 1.807) is 0 Å². The predicted octanol–water partition coefficient (Wildman–Crippen LogP) is 1.08. The predicted molar refractivity (Wildman–Crippen MR) is 69.1 cm³/mol. The van der Waals surface area contributed by atoms with Gasteiger partial charge < -0.3 is 15.5 Å². The average molecular weight is 323 g/mol. The van der Waals surface area contributed by atoms with Crippen molar-refractivity contribution < 1.29 is 24.7 Å². The molecule has 10 heteroatoms. The van der Waals surface area contributed by atoms with Gasteiger partial charge >= 0.3 is 5.97 Å². The molecule has 8 nitrogen and oxygen atoms in total. The second-order valence-corrected chi connectivity index (χ2v) is 4.38. The van der Waals surface area contributed by atoms with Crippen LogP contribution in [0.15, 0.2) is 12.1 Å². The lowest BCUT2D eigenvalue weighted by Gasteiger charge is -2.12. The maximum Gasteiger partial charge on any atom is 0.328 e. The number of non-ortho nitro benzene ring substituents is 1. The van der Waals surface area contributed by atoms with Crippen LogP contribution in [0.25, 0.3) is 0 Å². The number of benzene rings is 1. The molecule has 1 atom stereocenters. The number of amides is 1. The van der Waals surface area contributed by atoms with Crippen LogP contribution in [0.1, 0.15) is 10.4 Å². The van der Waals surface area contributed by atoms with Gasteiger partial charge in [-0.15, -0.1) is 0 Å². The summed E-state index contributed by atoms with van der Waals surface area (Å²) >= 11 is 11.4. The maximum atomic E-state index is 11.8. The molecule has 0 aliphatic carbocycles. The minimum absolute atomic E-state index is 0.220. The number of hydrogen-bond donors (Lipinski definition) is 3. The molecule has 0 spiro atoms. The summed E-state index contributed by atoms with van der Waals surface area (Å²) in [6.45, 7) is -0.846. The topological polar surface area (TPSA) is 130 Å². The van der Waals surface area contributed by atoms with E-state index in [4.69, 9.17) is 33.4 Å². The monoisotopic (exact) mass is 322 g/mol. The zero-order valence-electron chi connectivity index (χ0n) is 9.67.